The highest BCUT2D eigenvalue weighted by atomic mass is 79.9. The van der Waals surface area contributed by atoms with Gasteiger partial charge in [-0.1, -0.05) is 0 Å². The third-order valence-electron chi connectivity index (χ3n) is 1.27. The molecule has 0 aromatic carbocycles. The number of nitriles is 1. The average molecular weight is 285 g/mol. The lowest BCUT2D eigenvalue weighted by Crippen LogP contribution is -2.18. The first kappa shape index (κ1) is 11.7. The van der Waals surface area contributed by atoms with Crippen molar-refractivity contribution in [3.05, 3.63) is 22.2 Å². The van der Waals surface area contributed by atoms with E-state index in [2.05, 4.69) is 25.7 Å². The largest absolute Gasteiger partial charge is 0.573 e. The molecule has 0 saturated heterocycles. The Kier molecular flexibility index (Phi) is 3.14. The number of aromatic nitrogens is 1. The van der Waals surface area contributed by atoms with Gasteiger partial charge in [0.15, 0.2) is 11.3 Å². The summed E-state index contributed by atoms with van der Waals surface area (Å²) < 4.78 is 51.7. The molecule has 0 radical (unpaired) electrons. The third kappa shape index (κ3) is 2.79. The Labute approximate surface area is 89.4 Å². The highest BCUT2D eigenvalue weighted by molar-refractivity contribution is 9.10. The summed E-state index contributed by atoms with van der Waals surface area (Å²) in [6.45, 7) is 0. The van der Waals surface area contributed by atoms with Gasteiger partial charge in [0.25, 0.3) is 0 Å². The number of halogens is 5. The molecule has 0 N–H and O–H groups in total. The maximum atomic E-state index is 12.8. The van der Waals surface area contributed by atoms with Crippen LogP contribution >= 0.6 is 15.9 Å². The normalized spacial score (nSPS) is 10.9. The van der Waals surface area contributed by atoms with Crippen LogP contribution in [-0.2, 0) is 0 Å². The highest BCUT2D eigenvalue weighted by Gasteiger charge is 2.34. The van der Waals surface area contributed by atoms with Crippen LogP contribution in [0, 0.1) is 17.3 Å². The van der Waals surface area contributed by atoms with Crippen LogP contribution in [0.15, 0.2) is 10.7 Å². The molecule has 1 aromatic heterocycles. The second-order valence-corrected chi connectivity index (χ2v) is 3.12. The summed E-state index contributed by atoms with van der Waals surface area (Å²) in [6, 6.07) is 1.23. The number of ether oxygens (including phenoxy) is 1. The molecule has 1 aromatic rings. The van der Waals surface area contributed by atoms with Gasteiger partial charge in [0, 0.05) is 6.20 Å². The van der Waals surface area contributed by atoms with Crippen molar-refractivity contribution in [3.8, 4) is 11.8 Å². The van der Waals surface area contributed by atoms with Gasteiger partial charge in [-0.15, -0.1) is 13.2 Å². The van der Waals surface area contributed by atoms with Crippen LogP contribution in [0.2, 0.25) is 0 Å². The molecule has 3 nitrogen and oxygen atoms in total. The van der Waals surface area contributed by atoms with Crippen LogP contribution in [-0.4, -0.2) is 11.3 Å². The molecule has 0 amide bonds. The van der Waals surface area contributed by atoms with E-state index in [0.29, 0.717) is 0 Å². The third-order valence-corrected chi connectivity index (χ3v) is 1.84. The van der Waals surface area contributed by atoms with Crippen LogP contribution in [0.25, 0.3) is 0 Å². The molecule has 0 aliphatic carbocycles. The van der Waals surface area contributed by atoms with E-state index >= 15 is 0 Å². The molecule has 0 aliphatic heterocycles. The standard InChI is InChI=1S/C7HBrF4N2O/c8-4-2-14-6(9)3(1-13)5(4)15-7(10,11)12/h2H. The van der Waals surface area contributed by atoms with Gasteiger partial charge in [-0.3, -0.25) is 0 Å². The van der Waals surface area contributed by atoms with Gasteiger partial charge in [-0.2, -0.15) is 9.65 Å². The van der Waals surface area contributed by atoms with E-state index < -0.39 is 23.6 Å². The van der Waals surface area contributed by atoms with Crippen molar-refractivity contribution in [1.82, 2.24) is 4.98 Å². The van der Waals surface area contributed by atoms with E-state index in [9.17, 15) is 17.6 Å². The molecule has 0 atom stereocenters. The zero-order valence-electron chi connectivity index (χ0n) is 6.77. The fraction of sp³-hybridized carbons (Fsp3) is 0.143. The predicted octanol–water partition coefficient (Wildman–Crippen LogP) is 2.75. The first-order valence-electron chi connectivity index (χ1n) is 3.35. The number of pyridine rings is 1. The van der Waals surface area contributed by atoms with Crippen LogP contribution in [0.5, 0.6) is 5.75 Å². The zero-order valence-corrected chi connectivity index (χ0v) is 8.36. The molecule has 0 saturated carbocycles. The van der Waals surface area contributed by atoms with Gasteiger partial charge in [0.05, 0.1) is 4.47 Å². The second-order valence-electron chi connectivity index (χ2n) is 2.26. The van der Waals surface area contributed by atoms with Crippen molar-refractivity contribution >= 4 is 15.9 Å². The smallest absolute Gasteiger partial charge is 0.403 e. The Morgan fingerprint density at radius 2 is 2.07 bits per heavy atom. The Balaban J connectivity index is 3.28. The van der Waals surface area contributed by atoms with Crippen LogP contribution < -0.4 is 4.74 Å². The molecule has 8 heteroatoms. The molecule has 0 aliphatic rings. The molecular formula is C7HBrF4N2O. The average Bonchev–Trinajstić information content (AvgIpc) is 2.10. The fourth-order valence-corrected chi connectivity index (χ4v) is 1.14. The summed E-state index contributed by atoms with van der Waals surface area (Å²) in [6.07, 6.45) is -4.22. The minimum Gasteiger partial charge on any atom is -0.403 e. The van der Waals surface area contributed by atoms with Gasteiger partial charge >= 0.3 is 6.36 Å². The summed E-state index contributed by atoms with van der Waals surface area (Å²) in [7, 11) is 0. The van der Waals surface area contributed by atoms with Crippen molar-refractivity contribution in [3.63, 3.8) is 0 Å². The van der Waals surface area contributed by atoms with Gasteiger partial charge in [-0.05, 0) is 15.9 Å². The lowest BCUT2D eigenvalue weighted by atomic mass is 10.3. The van der Waals surface area contributed by atoms with Gasteiger partial charge in [0.2, 0.25) is 5.95 Å². The molecule has 1 rings (SSSR count). The van der Waals surface area contributed by atoms with E-state index in [1.165, 1.54) is 6.07 Å². The maximum Gasteiger partial charge on any atom is 0.573 e. The number of nitrogens with zero attached hydrogens (tertiary/aromatic N) is 2. The topological polar surface area (TPSA) is 45.9 Å². The van der Waals surface area contributed by atoms with Crippen molar-refractivity contribution in [2.75, 3.05) is 0 Å². The number of rotatable bonds is 1. The Morgan fingerprint density at radius 1 is 1.47 bits per heavy atom. The minimum absolute atomic E-state index is 0.252. The Bertz CT molecular complexity index is 426. The van der Waals surface area contributed by atoms with Crippen LogP contribution in [0.3, 0.4) is 0 Å². The second kappa shape index (κ2) is 4.02. The van der Waals surface area contributed by atoms with Crippen LogP contribution in [0.4, 0.5) is 17.6 Å². The van der Waals surface area contributed by atoms with Gasteiger partial charge in [-0.25, -0.2) is 4.98 Å². The molecule has 1 heterocycles. The minimum atomic E-state index is -5.00. The lowest BCUT2D eigenvalue weighted by Gasteiger charge is -2.11. The molecule has 0 unspecified atom stereocenters. The number of hydrogen-bond donors (Lipinski definition) is 0. The number of alkyl halides is 3. The van der Waals surface area contributed by atoms with E-state index in [1.807, 2.05) is 0 Å². The molecule has 0 spiro atoms. The van der Waals surface area contributed by atoms with E-state index in [4.69, 9.17) is 5.26 Å². The summed E-state index contributed by atoms with van der Waals surface area (Å²) in [5, 5.41) is 8.42. The lowest BCUT2D eigenvalue weighted by molar-refractivity contribution is -0.275. The predicted molar refractivity (Wildman–Crippen MR) is 43.3 cm³/mol. The molecule has 0 bridgehead atoms. The van der Waals surface area contributed by atoms with Crippen LogP contribution in [0.1, 0.15) is 5.56 Å². The van der Waals surface area contributed by atoms with E-state index in [0.717, 1.165) is 6.20 Å². The van der Waals surface area contributed by atoms with Crippen molar-refractivity contribution in [1.29, 1.82) is 5.26 Å². The Hall–Kier alpha value is -1.36. The van der Waals surface area contributed by atoms with Gasteiger partial charge < -0.3 is 4.74 Å². The summed E-state index contributed by atoms with van der Waals surface area (Å²) in [4.78, 5) is 3.06. The SMILES string of the molecule is N#Cc1c(F)ncc(Br)c1OC(F)(F)F. The summed E-state index contributed by atoms with van der Waals surface area (Å²) in [5.74, 6) is -2.25. The van der Waals surface area contributed by atoms with E-state index in [1.54, 1.807) is 0 Å². The quantitative estimate of drug-likeness (QED) is 0.588. The van der Waals surface area contributed by atoms with Gasteiger partial charge in [0.1, 0.15) is 6.07 Å². The molecule has 80 valence electrons. The highest BCUT2D eigenvalue weighted by Crippen LogP contribution is 2.33. The summed E-state index contributed by atoms with van der Waals surface area (Å²) in [5.41, 5.74) is -0.901. The maximum absolute atomic E-state index is 12.8. The Morgan fingerprint density at radius 3 is 2.53 bits per heavy atom. The summed E-state index contributed by atoms with van der Waals surface area (Å²) >= 11 is 2.67. The first-order valence-corrected chi connectivity index (χ1v) is 4.14. The number of hydrogen-bond acceptors (Lipinski definition) is 3. The molecular weight excluding hydrogens is 284 g/mol. The van der Waals surface area contributed by atoms with Crippen molar-refractivity contribution in [2.45, 2.75) is 6.36 Å². The first-order chi connectivity index (χ1) is 6.85. The zero-order chi connectivity index (χ0) is 11.6. The van der Waals surface area contributed by atoms with Crippen molar-refractivity contribution < 1.29 is 22.3 Å². The van der Waals surface area contributed by atoms with E-state index in [-0.39, 0.29) is 4.47 Å². The van der Waals surface area contributed by atoms with Crippen molar-refractivity contribution in [2.24, 2.45) is 0 Å². The molecule has 0 fully saturated rings. The fourth-order valence-electron chi connectivity index (χ4n) is 0.762. The monoisotopic (exact) mass is 284 g/mol. The molecule has 15 heavy (non-hydrogen) atoms.